The number of aliphatic carboxylic acids is 2. The van der Waals surface area contributed by atoms with Crippen molar-refractivity contribution < 1.29 is 125 Å². The fraction of sp³-hybridized carbons (Fsp3) is 0.421. The summed E-state index contributed by atoms with van der Waals surface area (Å²) in [7, 11) is 3.54. The minimum absolute atomic E-state index is 0.165. The third-order valence-electron chi connectivity index (χ3n) is 24.1. The van der Waals surface area contributed by atoms with Gasteiger partial charge in [0.05, 0.1) is 37.3 Å². The Morgan fingerprint density at radius 1 is 0.478 bits per heavy atom. The zero-order chi connectivity index (χ0) is 101. The van der Waals surface area contributed by atoms with Gasteiger partial charge in [-0.1, -0.05) is 137 Å². The number of para-hydroxylation sites is 1. The van der Waals surface area contributed by atoms with Gasteiger partial charge in [-0.15, -0.1) is 11.8 Å². The van der Waals surface area contributed by atoms with E-state index in [-0.39, 0.29) is 42.7 Å². The Bertz CT molecular complexity index is 5590. The summed E-state index contributed by atoms with van der Waals surface area (Å²) in [6.45, 7) is 2.68. The molecule has 3 aliphatic heterocycles. The number of aromatic hydroxyl groups is 2. The Balaban J connectivity index is 1.07. The fourth-order valence-corrected chi connectivity index (χ4v) is 17.5. The van der Waals surface area contributed by atoms with Gasteiger partial charge in [0.2, 0.25) is 88.6 Å². The highest BCUT2D eigenvalue weighted by Gasteiger charge is 2.49. The summed E-state index contributed by atoms with van der Waals surface area (Å²) in [6.07, 6.45) is -7.42. The van der Waals surface area contributed by atoms with Gasteiger partial charge in [0.15, 0.2) is 17.5 Å². The maximum Gasteiger partial charge on any atom is 0.305 e. The van der Waals surface area contributed by atoms with Crippen LogP contribution in [0.15, 0.2) is 152 Å². The molecule has 10 rings (SSSR count). The van der Waals surface area contributed by atoms with E-state index in [0.29, 0.717) is 63.5 Å². The lowest BCUT2D eigenvalue weighted by molar-refractivity contribution is -0.152. The van der Waals surface area contributed by atoms with Crippen LogP contribution in [0.5, 0.6) is 11.5 Å². The standard InChI is InChI=1S/C95H113F3N16O23S/c1-7-8-23-72-94(136)114-47-60(118)41-75(114)90(132)106-68(43-80(123)124)87(129)109-82(50(2)3)95(137)111(5)73(37-51-17-11-9-12-18-51)88(130)107-70(35-54-26-30-58(116)31-27-54)92(134)113-46-59(117)40-74(113)89(131)105-66(39-56-44-100-64-22-16-15-21-61(56)64)85(127)103-65(34-53-24-28-57(115)29-25-53)84(126)104-67(42-79(121)122)86(128)108-71(83(125)101-45-77(99)119)48-138-49-78(120)102-69(36-55-32-62(96)81(98)63(97)33-55)91(133)112(6)76(93(135)110(72)4)38-52-19-13-10-14-20-52/h9-22,24-33,44,50,59-60,65-76,82,100,115-118H,7-8,23,34-43,45-49H2,1-6H3,(H2,99,119)(H,101,125)(H,102,120)(H,103,127)(H,104,126)(H,105,131)(H,106,132)(H,107,130)(H,108,128)(H,109,129)(H,121,122)(H,123,124)/t59-,60-,65+,66+,67+,68+,69+,70+,71+,72+,73+,74+,75-,76+,82+/m1/s1. The number of nitrogens with two attached hydrogens (primary N) is 1. The lowest BCUT2D eigenvalue weighted by Gasteiger charge is -2.38. The number of hydrogen-bond acceptors (Lipinski definition) is 22. The summed E-state index contributed by atoms with van der Waals surface area (Å²) in [5, 5.41) is 87.5. The van der Waals surface area contributed by atoms with E-state index < -0.39 is 303 Å². The van der Waals surface area contributed by atoms with Gasteiger partial charge in [0.25, 0.3) is 0 Å². The Hall–Kier alpha value is -14.5. The first-order valence-corrected chi connectivity index (χ1v) is 45.8. The number of aromatic nitrogens is 1. The smallest absolute Gasteiger partial charge is 0.305 e. The van der Waals surface area contributed by atoms with E-state index in [0.717, 1.165) is 31.5 Å². The summed E-state index contributed by atoms with van der Waals surface area (Å²) >= 11 is 0.533. The molecule has 0 radical (unpaired) electrons. The number of hydrogen-bond donors (Lipinski definition) is 17. The lowest BCUT2D eigenvalue weighted by atomic mass is 9.98. The van der Waals surface area contributed by atoms with Crippen LogP contribution in [0, 0.1) is 23.4 Å². The second-order valence-electron chi connectivity index (χ2n) is 34.7. The molecular weight excluding hydrogens is 1820 g/mol. The predicted molar refractivity (Wildman–Crippen MR) is 492 cm³/mol. The Morgan fingerprint density at radius 2 is 0.920 bits per heavy atom. The van der Waals surface area contributed by atoms with E-state index in [1.165, 1.54) is 82.7 Å². The molecule has 3 aliphatic rings. The quantitative estimate of drug-likeness (QED) is 0.0380. The van der Waals surface area contributed by atoms with Crippen molar-refractivity contribution in [2.45, 2.75) is 195 Å². The molecule has 43 heteroatoms. The molecule has 15 amide bonds. The summed E-state index contributed by atoms with van der Waals surface area (Å²) in [4.78, 5) is 259. The molecule has 3 saturated heterocycles. The van der Waals surface area contributed by atoms with Crippen LogP contribution in [0.2, 0.25) is 0 Å². The zero-order valence-electron chi connectivity index (χ0n) is 76.4. The van der Waals surface area contributed by atoms with Gasteiger partial charge in [-0.2, -0.15) is 0 Å². The second-order valence-corrected chi connectivity index (χ2v) is 35.7. The van der Waals surface area contributed by atoms with Gasteiger partial charge in [-0.05, 0) is 88.2 Å². The van der Waals surface area contributed by atoms with E-state index in [4.69, 9.17) is 5.73 Å². The molecule has 0 spiro atoms. The van der Waals surface area contributed by atoms with Crippen LogP contribution in [0.1, 0.15) is 99.1 Å². The molecule has 0 bridgehead atoms. The van der Waals surface area contributed by atoms with Crippen LogP contribution in [0.3, 0.4) is 0 Å². The SMILES string of the molecule is CCCC[C@H]1C(=O)N2C[C@H](O)C[C@@H]2C(=O)N[C@@H](CC(=O)O)C(=O)N[C@@H](C(C)C)C(=O)N(C)[C@@H](Cc2ccccc2)C(=O)N[C@@H](Cc2ccc(O)cc2)C(=O)N2C[C@H](O)C[C@H]2C(=O)N[C@@H](Cc2c[nH]c3ccccc23)C(=O)N[C@@H](Cc2ccc(O)cc2)C(=O)N[C@@H](CC(=O)O)C(=O)N[C@H](C(=O)NCC(N)=O)CSCC(=O)N[C@@H](Cc2cc(F)c(F)c(F)c2)C(=O)N(C)[C@@H](Cc2ccccc2)C(=O)N1C. The van der Waals surface area contributed by atoms with Crippen molar-refractivity contribution in [3.8, 4) is 11.5 Å². The van der Waals surface area contributed by atoms with Crippen molar-refractivity contribution in [2.24, 2.45) is 11.7 Å². The van der Waals surface area contributed by atoms with Crippen molar-refractivity contribution in [3.05, 3.63) is 203 Å². The summed E-state index contributed by atoms with van der Waals surface area (Å²) in [6, 6.07) is 10.9. The Morgan fingerprint density at radius 3 is 1.46 bits per heavy atom. The van der Waals surface area contributed by atoms with Gasteiger partial charge in [0, 0.05) is 108 Å². The van der Waals surface area contributed by atoms with Crippen molar-refractivity contribution in [1.29, 1.82) is 0 Å². The number of primary amides is 1. The highest BCUT2D eigenvalue weighted by Crippen LogP contribution is 2.29. The van der Waals surface area contributed by atoms with Crippen molar-refractivity contribution >= 4 is 123 Å². The molecule has 3 fully saturated rings. The number of unbranched alkanes of at least 4 members (excludes halogenated alkanes) is 1. The van der Waals surface area contributed by atoms with Gasteiger partial charge in [-0.25, -0.2) is 13.2 Å². The number of H-pyrrole nitrogens is 1. The molecule has 18 N–H and O–H groups in total. The number of carboxylic acid groups (broad SMARTS) is 2. The molecule has 7 aromatic rings. The number of nitrogens with zero attached hydrogens (tertiary/aromatic N) is 5. The van der Waals surface area contributed by atoms with Crippen molar-refractivity contribution in [3.63, 3.8) is 0 Å². The Labute approximate surface area is 795 Å². The maximum absolute atomic E-state index is 15.8. The van der Waals surface area contributed by atoms with Crippen LogP contribution < -0.4 is 53.6 Å². The largest absolute Gasteiger partial charge is 0.508 e. The maximum atomic E-state index is 15.8. The van der Waals surface area contributed by atoms with Crippen LogP contribution in [-0.2, 0) is 120 Å². The first-order chi connectivity index (χ1) is 65.6. The number of amides is 15. The molecule has 39 nitrogen and oxygen atoms in total. The van der Waals surface area contributed by atoms with Gasteiger partial charge < -0.3 is 114 Å². The van der Waals surface area contributed by atoms with Crippen molar-refractivity contribution in [2.75, 3.05) is 52.3 Å². The van der Waals surface area contributed by atoms with Crippen LogP contribution in [0.4, 0.5) is 13.2 Å². The molecule has 0 aliphatic carbocycles. The monoisotopic (exact) mass is 1930 g/mol. The number of carbonyl (C=O) groups excluding carboxylic acids is 15. The number of phenols is 2. The average molecular weight is 1940 g/mol. The number of thioether (sulfide) groups is 1. The summed E-state index contributed by atoms with van der Waals surface area (Å²) in [5.74, 6) is -28.7. The van der Waals surface area contributed by atoms with Gasteiger partial charge >= 0.3 is 11.9 Å². The summed E-state index contributed by atoms with van der Waals surface area (Å²) in [5.41, 5.74) is 7.22. The lowest BCUT2D eigenvalue weighted by Crippen LogP contribution is -2.62. The number of nitrogens with one attached hydrogen (secondary N) is 10. The van der Waals surface area contributed by atoms with Crippen molar-refractivity contribution in [1.82, 2.24) is 77.3 Å². The fourth-order valence-electron chi connectivity index (χ4n) is 16.7. The van der Waals surface area contributed by atoms with Crippen LogP contribution in [-0.4, -0.2) is 304 Å². The normalized spacial score (nSPS) is 24.2. The first-order valence-electron chi connectivity index (χ1n) is 44.6. The number of carboxylic acids is 2. The van der Waals surface area contributed by atoms with Gasteiger partial charge in [-0.3, -0.25) is 81.5 Å². The van der Waals surface area contributed by atoms with E-state index in [9.17, 15) is 73.4 Å². The van der Waals surface area contributed by atoms with E-state index >= 15 is 51.9 Å². The van der Waals surface area contributed by atoms with E-state index in [2.05, 4.69) is 52.8 Å². The number of aliphatic hydroxyl groups excluding tert-OH is 2. The first kappa shape index (κ1) is 106. The topological polar surface area (TPSA) is 578 Å². The number of aromatic amines is 1. The average Bonchev–Trinajstić information content (AvgIpc) is 1.62. The summed E-state index contributed by atoms with van der Waals surface area (Å²) < 4.78 is 45.1. The third-order valence-corrected chi connectivity index (χ3v) is 25.1. The number of rotatable bonds is 23. The molecule has 738 valence electrons. The number of aliphatic hydroxyl groups is 2. The van der Waals surface area contributed by atoms with Crippen LogP contribution in [0.25, 0.3) is 10.9 Å². The molecule has 4 heterocycles. The molecule has 15 atom stereocenters. The number of benzene rings is 6. The minimum atomic E-state index is -2.20. The molecule has 0 saturated carbocycles. The minimum Gasteiger partial charge on any atom is -0.508 e. The molecule has 1 aromatic heterocycles. The van der Waals surface area contributed by atoms with E-state index in [1.54, 1.807) is 91.9 Å². The predicted octanol–water partition coefficient (Wildman–Crippen LogP) is 0.179. The molecule has 0 unspecified atom stereocenters. The van der Waals surface area contributed by atoms with Gasteiger partial charge in [0.1, 0.15) is 90.0 Å². The molecule has 6 aromatic carbocycles. The third kappa shape index (κ3) is 28.6. The number of carbonyl (C=O) groups is 17. The highest BCUT2D eigenvalue weighted by molar-refractivity contribution is 8.00. The highest BCUT2D eigenvalue weighted by atomic mass is 32.2. The zero-order valence-corrected chi connectivity index (χ0v) is 77.2. The number of likely N-dealkylation sites (N-methyl/N-ethyl adjacent to an activating group) is 3. The molecular formula is C95H113F3N16O23S. The number of fused-ring (bicyclic) bond motifs is 3. The van der Waals surface area contributed by atoms with Crippen LogP contribution >= 0.6 is 11.8 Å². The Kier molecular flexibility index (Phi) is 37.3. The number of phenolic OH excluding ortho intramolecular Hbond substituents is 2. The number of halogens is 3. The second kappa shape index (κ2) is 48.8. The van der Waals surface area contributed by atoms with E-state index in [1.807, 2.05) is 0 Å². The molecule has 138 heavy (non-hydrogen) atoms.